The summed E-state index contributed by atoms with van der Waals surface area (Å²) >= 11 is 0. The summed E-state index contributed by atoms with van der Waals surface area (Å²) in [6.07, 6.45) is 7.88. The van der Waals surface area contributed by atoms with Gasteiger partial charge in [0.1, 0.15) is 0 Å². The minimum Gasteiger partial charge on any atom is -0.395 e. The van der Waals surface area contributed by atoms with E-state index in [9.17, 15) is 0 Å². The van der Waals surface area contributed by atoms with Crippen molar-refractivity contribution in [3.05, 3.63) is 0 Å². The van der Waals surface area contributed by atoms with E-state index in [2.05, 4.69) is 18.7 Å². The van der Waals surface area contributed by atoms with Crippen LogP contribution in [0.25, 0.3) is 0 Å². The van der Waals surface area contributed by atoms with Gasteiger partial charge in [-0.25, -0.2) is 0 Å². The van der Waals surface area contributed by atoms with Crippen molar-refractivity contribution in [2.24, 2.45) is 0 Å². The molecule has 0 bridgehead atoms. The van der Waals surface area contributed by atoms with E-state index < -0.39 is 0 Å². The van der Waals surface area contributed by atoms with Gasteiger partial charge in [-0.1, -0.05) is 39.5 Å². The lowest BCUT2D eigenvalue weighted by atomic mass is 10.1. The highest BCUT2D eigenvalue weighted by Crippen LogP contribution is 2.04. The molecule has 0 fully saturated rings. The van der Waals surface area contributed by atoms with E-state index in [-0.39, 0.29) is 0 Å². The van der Waals surface area contributed by atoms with Crippen LogP contribution in [-0.4, -0.2) is 36.2 Å². The maximum atomic E-state index is 8.86. The lowest BCUT2D eigenvalue weighted by Crippen LogP contribution is -2.28. The van der Waals surface area contributed by atoms with Gasteiger partial charge in [0.25, 0.3) is 0 Å². The molecule has 0 aliphatic rings. The van der Waals surface area contributed by atoms with Gasteiger partial charge in [0.05, 0.1) is 6.61 Å². The first-order chi connectivity index (χ1) is 6.85. The number of nitrogens with zero attached hydrogens (tertiary/aromatic N) is 1. The molecule has 86 valence electrons. The Morgan fingerprint density at radius 3 is 2.07 bits per heavy atom. The summed E-state index contributed by atoms with van der Waals surface area (Å²) in [5.41, 5.74) is 0. The molecule has 0 radical (unpaired) electrons. The van der Waals surface area contributed by atoms with Gasteiger partial charge in [-0.3, -0.25) is 0 Å². The third kappa shape index (κ3) is 8.52. The Kier molecular flexibility index (Phi) is 10.9. The molecule has 0 saturated heterocycles. The summed E-state index contributed by atoms with van der Waals surface area (Å²) in [5.74, 6) is 0. The van der Waals surface area contributed by atoms with Crippen LogP contribution in [0.4, 0.5) is 0 Å². The third-order valence-electron chi connectivity index (χ3n) is 2.53. The van der Waals surface area contributed by atoms with Crippen LogP contribution in [0, 0.1) is 0 Å². The lowest BCUT2D eigenvalue weighted by Gasteiger charge is -2.20. The van der Waals surface area contributed by atoms with Crippen LogP contribution in [0.15, 0.2) is 0 Å². The SMILES string of the molecule is CCCCCCCN(CCC)CCO. The standard InChI is InChI=1S/C12H27NO/c1-3-5-6-7-8-10-13(9-4-2)11-12-14/h14H,3-12H2,1-2H3. The first kappa shape index (κ1) is 13.9. The van der Waals surface area contributed by atoms with Crippen LogP contribution in [0.5, 0.6) is 0 Å². The van der Waals surface area contributed by atoms with Gasteiger partial charge in [-0.15, -0.1) is 0 Å². The smallest absolute Gasteiger partial charge is 0.0558 e. The fourth-order valence-corrected chi connectivity index (χ4v) is 1.73. The predicted octanol–water partition coefficient (Wildman–Crippen LogP) is 2.66. The van der Waals surface area contributed by atoms with Crippen LogP contribution in [0.3, 0.4) is 0 Å². The molecule has 0 unspecified atom stereocenters. The van der Waals surface area contributed by atoms with Crippen molar-refractivity contribution in [3.8, 4) is 0 Å². The molecule has 2 heteroatoms. The molecule has 0 aromatic heterocycles. The van der Waals surface area contributed by atoms with E-state index >= 15 is 0 Å². The average Bonchev–Trinajstić information content (AvgIpc) is 2.18. The second-order valence-corrected chi connectivity index (χ2v) is 3.98. The van der Waals surface area contributed by atoms with Gasteiger partial charge in [0, 0.05) is 6.54 Å². The van der Waals surface area contributed by atoms with Crippen LogP contribution < -0.4 is 0 Å². The van der Waals surface area contributed by atoms with E-state index in [1.807, 2.05) is 0 Å². The topological polar surface area (TPSA) is 23.5 Å². The van der Waals surface area contributed by atoms with E-state index in [0.717, 1.165) is 19.6 Å². The summed E-state index contributed by atoms with van der Waals surface area (Å²) < 4.78 is 0. The van der Waals surface area contributed by atoms with E-state index in [0.29, 0.717) is 6.61 Å². The molecule has 0 saturated carbocycles. The largest absolute Gasteiger partial charge is 0.395 e. The van der Waals surface area contributed by atoms with E-state index in [1.54, 1.807) is 0 Å². The van der Waals surface area contributed by atoms with Crippen molar-refractivity contribution in [1.82, 2.24) is 4.90 Å². The van der Waals surface area contributed by atoms with Crippen molar-refractivity contribution in [1.29, 1.82) is 0 Å². The maximum absolute atomic E-state index is 8.86. The Morgan fingerprint density at radius 2 is 1.50 bits per heavy atom. The maximum Gasteiger partial charge on any atom is 0.0558 e. The lowest BCUT2D eigenvalue weighted by molar-refractivity contribution is 0.193. The Balaban J connectivity index is 3.30. The third-order valence-corrected chi connectivity index (χ3v) is 2.53. The van der Waals surface area contributed by atoms with Gasteiger partial charge in [0.15, 0.2) is 0 Å². The van der Waals surface area contributed by atoms with Crippen molar-refractivity contribution in [3.63, 3.8) is 0 Å². The molecule has 0 aromatic carbocycles. The molecule has 0 aromatic rings. The number of aliphatic hydroxyl groups excluding tert-OH is 1. The first-order valence-corrected chi connectivity index (χ1v) is 6.18. The quantitative estimate of drug-likeness (QED) is 0.549. The van der Waals surface area contributed by atoms with Crippen molar-refractivity contribution in [2.45, 2.75) is 52.4 Å². The Labute approximate surface area is 89.3 Å². The number of rotatable bonds is 10. The molecule has 1 N–H and O–H groups in total. The molecule has 0 amide bonds. The van der Waals surface area contributed by atoms with E-state index in [1.165, 1.54) is 38.5 Å². The molecule has 0 spiro atoms. The zero-order valence-electron chi connectivity index (χ0n) is 9.97. The summed E-state index contributed by atoms with van der Waals surface area (Å²) in [6.45, 7) is 7.89. The summed E-state index contributed by atoms with van der Waals surface area (Å²) in [5, 5.41) is 8.86. The second-order valence-electron chi connectivity index (χ2n) is 3.98. The fraction of sp³-hybridized carbons (Fsp3) is 1.00. The molecule has 0 aliphatic carbocycles. The monoisotopic (exact) mass is 201 g/mol. The van der Waals surface area contributed by atoms with Gasteiger partial charge >= 0.3 is 0 Å². The fourth-order valence-electron chi connectivity index (χ4n) is 1.73. The van der Waals surface area contributed by atoms with Crippen LogP contribution in [0.2, 0.25) is 0 Å². The Morgan fingerprint density at radius 1 is 0.786 bits per heavy atom. The number of hydrogen-bond acceptors (Lipinski definition) is 2. The van der Waals surface area contributed by atoms with Crippen molar-refractivity contribution < 1.29 is 5.11 Å². The molecule has 0 heterocycles. The highest BCUT2D eigenvalue weighted by molar-refractivity contribution is 4.56. The zero-order valence-corrected chi connectivity index (χ0v) is 9.97. The molecule has 14 heavy (non-hydrogen) atoms. The minimum atomic E-state index is 0.301. The van der Waals surface area contributed by atoms with Gasteiger partial charge in [-0.2, -0.15) is 0 Å². The van der Waals surface area contributed by atoms with E-state index in [4.69, 9.17) is 5.11 Å². The molecular weight excluding hydrogens is 174 g/mol. The molecule has 0 rings (SSSR count). The normalized spacial score (nSPS) is 11.1. The second kappa shape index (κ2) is 11.0. The van der Waals surface area contributed by atoms with Crippen LogP contribution >= 0.6 is 0 Å². The zero-order chi connectivity index (χ0) is 10.6. The summed E-state index contributed by atoms with van der Waals surface area (Å²) in [7, 11) is 0. The van der Waals surface area contributed by atoms with Crippen LogP contribution in [0.1, 0.15) is 52.4 Å². The molecular formula is C12H27NO. The van der Waals surface area contributed by atoms with Crippen LogP contribution in [-0.2, 0) is 0 Å². The minimum absolute atomic E-state index is 0.301. The molecule has 2 nitrogen and oxygen atoms in total. The predicted molar refractivity (Wildman–Crippen MR) is 62.6 cm³/mol. The number of unbranched alkanes of at least 4 members (excludes halogenated alkanes) is 4. The Hall–Kier alpha value is -0.0800. The molecule has 0 aliphatic heterocycles. The van der Waals surface area contributed by atoms with Crippen molar-refractivity contribution in [2.75, 3.05) is 26.2 Å². The average molecular weight is 201 g/mol. The van der Waals surface area contributed by atoms with Gasteiger partial charge < -0.3 is 10.0 Å². The number of aliphatic hydroxyl groups is 1. The highest BCUT2D eigenvalue weighted by Gasteiger charge is 2.01. The number of hydrogen-bond donors (Lipinski definition) is 1. The van der Waals surface area contributed by atoms with Crippen molar-refractivity contribution >= 4 is 0 Å². The van der Waals surface area contributed by atoms with Gasteiger partial charge in [0.2, 0.25) is 0 Å². The summed E-state index contributed by atoms with van der Waals surface area (Å²) in [6, 6.07) is 0. The molecule has 0 atom stereocenters. The Bertz CT molecular complexity index is 100. The summed E-state index contributed by atoms with van der Waals surface area (Å²) in [4.78, 5) is 2.37. The highest BCUT2D eigenvalue weighted by atomic mass is 16.3. The van der Waals surface area contributed by atoms with Gasteiger partial charge in [-0.05, 0) is 25.9 Å². The first-order valence-electron chi connectivity index (χ1n) is 6.18.